The maximum atomic E-state index is 10.2. The van der Waals surface area contributed by atoms with E-state index in [9.17, 15) is 14.9 Å². The lowest BCUT2D eigenvalue weighted by molar-refractivity contribution is -0.380. The van der Waals surface area contributed by atoms with Crippen molar-refractivity contribution in [3.8, 4) is 0 Å². The number of nitrogens with zero attached hydrogens (tertiary/aromatic N) is 1. The summed E-state index contributed by atoms with van der Waals surface area (Å²) in [5.41, 5.74) is 0. The van der Waals surface area contributed by atoms with Gasteiger partial charge < -0.3 is 5.11 Å². The van der Waals surface area contributed by atoms with E-state index in [-0.39, 0.29) is 5.00 Å². The molecular weight excluding hydrogens is 194 g/mol. The van der Waals surface area contributed by atoms with Crippen LogP contribution in [0.3, 0.4) is 0 Å². The van der Waals surface area contributed by atoms with Gasteiger partial charge in [-0.15, -0.1) is 0 Å². The first-order valence-corrected chi connectivity index (χ1v) is 4.06. The first-order chi connectivity index (χ1) is 6.09. The van der Waals surface area contributed by atoms with Gasteiger partial charge in [-0.3, -0.25) is 10.1 Å². The van der Waals surface area contributed by atoms with Crippen LogP contribution >= 0.6 is 11.3 Å². The quantitative estimate of drug-likeness (QED) is 0.457. The zero-order valence-corrected chi connectivity index (χ0v) is 7.15. The summed E-state index contributed by atoms with van der Waals surface area (Å²) in [5.74, 6) is -1.07. The Labute approximate surface area is 77.1 Å². The molecule has 0 amide bonds. The van der Waals surface area contributed by atoms with E-state index < -0.39 is 10.9 Å². The summed E-state index contributed by atoms with van der Waals surface area (Å²) in [7, 11) is 0. The largest absolute Gasteiger partial charge is 0.478 e. The molecule has 0 aliphatic carbocycles. The molecule has 0 bridgehead atoms. The molecule has 0 saturated carbocycles. The molecule has 1 heterocycles. The number of thiophene rings is 1. The zero-order valence-electron chi connectivity index (χ0n) is 6.34. The van der Waals surface area contributed by atoms with E-state index in [4.69, 9.17) is 5.11 Å². The Balaban J connectivity index is 2.80. The second-order valence-electron chi connectivity index (χ2n) is 2.10. The lowest BCUT2D eigenvalue weighted by Gasteiger charge is -1.80. The van der Waals surface area contributed by atoms with Crippen LogP contribution < -0.4 is 0 Å². The summed E-state index contributed by atoms with van der Waals surface area (Å²) >= 11 is 0.934. The first-order valence-electron chi connectivity index (χ1n) is 3.25. The minimum absolute atomic E-state index is 0.00467. The molecule has 5 nitrogen and oxygen atoms in total. The van der Waals surface area contributed by atoms with E-state index >= 15 is 0 Å². The van der Waals surface area contributed by atoms with E-state index in [1.54, 1.807) is 0 Å². The standard InChI is InChI=1S/C7H5NO4S/c9-7(10)4-2-5-1-3-6(13-5)8(11)12/h1-4H,(H,9,10)/b4-2+. The van der Waals surface area contributed by atoms with Crippen LogP contribution in [0.2, 0.25) is 0 Å². The highest BCUT2D eigenvalue weighted by Gasteiger charge is 2.07. The van der Waals surface area contributed by atoms with Gasteiger partial charge in [0, 0.05) is 17.0 Å². The number of aliphatic carboxylic acids is 1. The predicted octanol–water partition coefficient (Wildman–Crippen LogP) is 1.75. The van der Waals surface area contributed by atoms with Gasteiger partial charge in [0.25, 0.3) is 0 Å². The Morgan fingerprint density at radius 2 is 2.31 bits per heavy atom. The lowest BCUT2D eigenvalue weighted by Crippen LogP contribution is -1.84. The second kappa shape index (κ2) is 3.81. The van der Waals surface area contributed by atoms with Crippen molar-refractivity contribution in [2.24, 2.45) is 0 Å². The van der Waals surface area contributed by atoms with Crippen LogP contribution in [0.15, 0.2) is 18.2 Å². The van der Waals surface area contributed by atoms with Crippen LogP contribution in [-0.2, 0) is 4.79 Å². The van der Waals surface area contributed by atoms with Crippen molar-refractivity contribution in [3.05, 3.63) is 33.2 Å². The topological polar surface area (TPSA) is 80.4 Å². The van der Waals surface area contributed by atoms with Crippen molar-refractivity contribution in [2.75, 3.05) is 0 Å². The van der Waals surface area contributed by atoms with E-state index in [0.29, 0.717) is 4.88 Å². The Hall–Kier alpha value is -1.69. The third kappa shape index (κ3) is 2.68. The molecule has 1 aromatic rings. The Bertz CT molecular complexity index is 368. The summed E-state index contributed by atoms with van der Waals surface area (Å²) < 4.78 is 0. The normalized spacial score (nSPS) is 10.5. The van der Waals surface area contributed by atoms with Gasteiger partial charge in [0.05, 0.1) is 4.92 Å². The van der Waals surface area contributed by atoms with Gasteiger partial charge in [0.2, 0.25) is 0 Å². The zero-order chi connectivity index (χ0) is 9.84. The number of carboxylic acid groups (broad SMARTS) is 1. The van der Waals surface area contributed by atoms with E-state index in [1.807, 2.05) is 0 Å². The number of nitro groups is 1. The minimum atomic E-state index is -1.07. The fraction of sp³-hybridized carbons (Fsp3) is 0. The predicted molar refractivity (Wildman–Crippen MR) is 47.6 cm³/mol. The fourth-order valence-corrected chi connectivity index (χ4v) is 1.41. The van der Waals surface area contributed by atoms with Crippen LogP contribution in [-0.4, -0.2) is 16.0 Å². The number of rotatable bonds is 3. The van der Waals surface area contributed by atoms with Gasteiger partial charge in [-0.05, 0) is 12.1 Å². The number of carbonyl (C=O) groups is 1. The summed E-state index contributed by atoms with van der Waals surface area (Å²) in [4.78, 5) is 20.4. The summed E-state index contributed by atoms with van der Waals surface area (Å²) in [6.45, 7) is 0. The molecule has 0 radical (unpaired) electrons. The minimum Gasteiger partial charge on any atom is -0.478 e. The highest BCUT2D eigenvalue weighted by atomic mass is 32.1. The van der Waals surface area contributed by atoms with Crippen molar-refractivity contribution in [3.63, 3.8) is 0 Å². The van der Waals surface area contributed by atoms with Gasteiger partial charge >= 0.3 is 11.0 Å². The van der Waals surface area contributed by atoms with Gasteiger partial charge in [-0.2, -0.15) is 0 Å². The number of hydrogen-bond acceptors (Lipinski definition) is 4. The third-order valence-corrected chi connectivity index (χ3v) is 2.18. The summed E-state index contributed by atoms with van der Waals surface area (Å²) in [5, 5.41) is 18.5. The van der Waals surface area contributed by atoms with E-state index in [1.165, 1.54) is 18.2 Å². The molecule has 1 N–H and O–H groups in total. The van der Waals surface area contributed by atoms with E-state index in [0.717, 1.165) is 17.4 Å². The van der Waals surface area contributed by atoms with Gasteiger partial charge in [0.1, 0.15) is 0 Å². The second-order valence-corrected chi connectivity index (χ2v) is 3.20. The Morgan fingerprint density at radius 3 is 2.77 bits per heavy atom. The van der Waals surface area contributed by atoms with Crippen LogP contribution in [0.5, 0.6) is 0 Å². The average molecular weight is 199 g/mol. The molecule has 0 saturated heterocycles. The fourth-order valence-electron chi connectivity index (χ4n) is 0.683. The SMILES string of the molecule is O=C(O)/C=C/c1ccc([N+](=O)[O-])s1. The molecule has 68 valence electrons. The first kappa shape index (κ1) is 9.40. The summed E-state index contributed by atoms with van der Waals surface area (Å²) in [6, 6.07) is 2.84. The Morgan fingerprint density at radius 1 is 1.62 bits per heavy atom. The van der Waals surface area contributed by atoms with E-state index in [2.05, 4.69) is 0 Å². The maximum Gasteiger partial charge on any atom is 0.328 e. The van der Waals surface area contributed by atoms with Crippen molar-refractivity contribution < 1.29 is 14.8 Å². The summed E-state index contributed by atoms with van der Waals surface area (Å²) in [6.07, 6.45) is 2.26. The molecule has 0 atom stereocenters. The van der Waals surface area contributed by atoms with Gasteiger partial charge in [-0.1, -0.05) is 11.3 Å². The molecule has 0 aliphatic rings. The maximum absolute atomic E-state index is 10.2. The smallest absolute Gasteiger partial charge is 0.328 e. The van der Waals surface area contributed by atoms with Crippen LogP contribution in [0.4, 0.5) is 5.00 Å². The average Bonchev–Trinajstić information content (AvgIpc) is 2.48. The number of hydrogen-bond donors (Lipinski definition) is 1. The third-order valence-electron chi connectivity index (χ3n) is 1.18. The van der Waals surface area contributed by atoms with Crippen LogP contribution in [0.25, 0.3) is 6.08 Å². The van der Waals surface area contributed by atoms with Gasteiger partial charge in [-0.25, -0.2) is 4.79 Å². The molecule has 0 aromatic carbocycles. The molecule has 0 unspecified atom stereocenters. The monoisotopic (exact) mass is 199 g/mol. The highest BCUT2D eigenvalue weighted by Crippen LogP contribution is 2.24. The molecule has 6 heteroatoms. The highest BCUT2D eigenvalue weighted by molar-refractivity contribution is 7.16. The van der Waals surface area contributed by atoms with Crippen molar-refractivity contribution >= 4 is 28.4 Å². The molecule has 1 aromatic heterocycles. The molecular formula is C7H5NO4S. The molecule has 13 heavy (non-hydrogen) atoms. The van der Waals surface area contributed by atoms with Crippen LogP contribution in [0.1, 0.15) is 4.88 Å². The molecule has 0 spiro atoms. The Kier molecular flexibility index (Phi) is 2.76. The molecule has 1 rings (SSSR count). The van der Waals surface area contributed by atoms with Crippen molar-refractivity contribution in [1.82, 2.24) is 0 Å². The lowest BCUT2D eigenvalue weighted by atomic mass is 10.4. The van der Waals surface area contributed by atoms with Crippen LogP contribution in [0, 0.1) is 10.1 Å². The molecule has 0 fully saturated rings. The number of carboxylic acids is 1. The van der Waals surface area contributed by atoms with Crippen molar-refractivity contribution in [2.45, 2.75) is 0 Å². The van der Waals surface area contributed by atoms with Gasteiger partial charge in [0.15, 0.2) is 0 Å². The van der Waals surface area contributed by atoms with Crippen molar-refractivity contribution in [1.29, 1.82) is 0 Å². The molecule has 0 aliphatic heterocycles.